The maximum Gasteiger partial charge on any atom is 0.317 e. The Kier molecular flexibility index (Phi) is 4.45. The largest absolute Gasteiger partial charge is 0.399 e. The highest BCUT2D eigenvalue weighted by Gasteiger charge is 2.27. The normalized spacial score (nSPS) is 17.9. The molecule has 3 amide bonds. The second-order valence-corrected chi connectivity index (χ2v) is 4.87. The van der Waals surface area contributed by atoms with E-state index in [9.17, 15) is 9.59 Å². The first-order chi connectivity index (χ1) is 9.60. The van der Waals surface area contributed by atoms with Crippen molar-refractivity contribution in [2.45, 2.75) is 19.4 Å². The number of nitrogens with one attached hydrogen (secondary N) is 2. The number of nitrogens with zero attached hydrogens (tertiary/aromatic N) is 1. The number of anilines is 1. The van der Waals surface area contributed by atoms with Crippen LogP contribution in [0.2, 0.25) is 0 Å². The van der Waals surface area contributed by atoms with Gasteiger partial charge in [0.2, 0.25) is 0 Å². The number of likely N-dealkylation sites (tertiary alicyclic amines) is 1. The summed E-state index contributed by atoms with van der Waals surface area (Å²) in [7, 11) is 0. The zero-order valence-electron chi connectivity index (χ0n) is 11.6. The van der Waals surface area contributed by atoms with Gasteiger partial charge < -0.3 is 21.3 Å². The summed E-state index contributed by atoms with van der Waals surface area (Å²) in [5.41, 5.74) is 6.76. The first-order valence-corrected chi connectivity index (χ1v) is 6.79. The van der Waals surface area contributed by atoms with Crippen molar-refractivity contribution in [3.05, 3.63) is 29.8 Å². The van der Waals surface area contributed by atoms with Crippen LogP contribution in [0.15, 0.2) is 24.3 Å². The smallest absolute Gasteiger partial charge is 0.317 e. The van der Waals surface area contributed by atoms with E-state index in [0.29, 0.717) is 30.9 Å². The minimum atomic E-state index is -0.153. The number of urea groups is 1. The average Bonchev–Trinajstić information content (AvgIpc) is 2.87. The number of rotatable bonds is 3. The summed E-state index contributed by atoms with van der Waals surface area (Å²) in [4.78, 5) is 25.5. The molecule has 1 heterocycles. The number of carbonyl (C=O) groups excluding carboxylic acids is 2. The zero-order valence-corrected chi connectivity index (χ0v) is 11.6. The molecule has 1 saturated heterocycles. The summed E-state index contributed by atoms with van der Waals surface area (Å²) in [5.74, 6) is -0.153. The lowest BCUT2D eigenvalue weighted by molar-refractivity contribution is 0.0938. The van der Waals surface area contributed by atoms with Gasteiger partial charge in [-0.15, -0.1) is 0 Å². The number of nitrogen functional groups attached to an aromatic ring is 1. The van der Waals surface area contributed by atoms with Gasteiger partial charge in [-0.1, -0.05) is 6.07 Å². The lowest BCUT2D eigenvalue weighted by Crippen LogP contribution is -2.42. The molecule has 0 aliphatic carbocycles. The van der Waals surface area contributed by atoms with Gasteiger partial charge in [-0.3, -0.25) is 4.79 Å². The Balaban J connectivity index is 1.89. The fraction of sp³-hybridized carbons (Fsp3) is 0.429. The van der Waals surface area contributed by atoms with Gasteiger partial charge in [-0.05, 0) is 31.5 Å². The molecule has 1 aromatic rings. The van der Waals surface area contributed by atoms with Crippen LogP contribution >= 0.6 is 0 Å². The van der Waals surface area contributed by atoms with Crippen LogP contribution in [0.25, 0.3) is 0 Å². The highest BCUT2D eigenvalue weighted by atomic mass is 16.2. The van der Waals surface area contributed by atoms with Gasteiger partial charge in [0, 0.05) is 36.9 Å². The van der Waals surface area contributed by atoms with Gasteiger partial charge in [-0.2, -0.15) is 0 Å². The summed E-state index contributed by atoms with van der Waals surface area (Å²) in [6.45, 7) is 3.69. The van der Waals surface area contributed by atoms with E-state index >= 15 is 0 Å². The predicted octanol–water partition coefficient (Wildman–Crippen LogP) is 0.802. The van der Waals surface area contributed by atoms with Gasteiger partial charge in [0.25, 0.3) is 5.91 Å². The fourth-order valence-corrected chi connectivity index (χ4v) is 2.27. The van der Waals surface area contributed by atoms with E-state index in [1.54, 1.807) is 29.2 Å². The molecule has 2 rings (SSSR count). The molecular formula is C14H20N4O2. The molecule has 1 aliphatic rings. The molecule has 1 unspecified atom stereocenters. The number of carbonyl (C=O) groups is 2. The summed E-state index contributed by atoms with van der Waals surface area (Å²) < 4.78 is 0. The lowest BCUT2D eigenvalue weighted by atomic mass is 10.1. The molecule has 0 aromatic heterocycles. The Morgan fingerprint density at radius 1 is 1.45 bits per heavy atom. The molecule has 0 radical (unpaired) electrons. The summed E-state index contributed by atoms with van der Waals surface area (Å²) in [6, 6.07) is 6.77. The van der Waals surface area contributed by atoms with E-state index in [1.165, 1.54) is 0 Å². The number of hydrogen-bond acceptors (Lipinski definition) is 3. The Morgan fingerprint density at radius 3 is 2.95 bits per heavy atom. The third-order valence-electron chi connectivity index (χ3n) is 3.29. The van der Waals surface area contributed by atoms with Crippen molar-refractivity contribution >= 4 is 17.6 Å². The van der Waals surface area contributed by atoms with Gasteiger partial charge in [0.15, 0.2) is 0 Å². The predicted molar refractivity (Wildman–Crippen MR) is 77.4 cm³/mol. The first-order valence-electron chi connectivity index (χ1n) is 6.79. The Hall–Kier alpha value is -2.24. The maximum absolute atomic E-state index is 12.1. The third-order valence-corrected chi connectivity index (χ3v) is 3.29. The van der Waals surface area contributed by atoms with Crippen LogP contribution in [0.4, 0.5) is 10.5 Å². The SMILES string of the molecule is CCNC(=O)N1CCC(NC(=O)c2cccc(N)c2)C1. The van der Waals surface area contributed by atoms with Crippen LogP contribution in [0.5, 0.6) is 0 Å². The van der Waals surface area contributed by atoms with Crippen LogP contribution in [-0.4, -0.2) is 42.5 Å². The van der Waals surface area contributed by atoms with E-state index in [1.807, 2.05) is 6.92 Å². The summed E-state index contributed by atoms with van der Waals surface area (Å²) >= 11 is 0. The molecule has 1 fully saturated rings. The maximum atomic E-state index is 12.1. The van der Waals surface area contributed by atoms with Crippen molar-refractivity contribution in [1.29, 1.82) is 0 Å². The quantitative estimate of drug-likeness (QED) is 0.714. The van der Waals surface area contributed by atoms with Crippen molar-refractivity contribution in [1.82, 2.24) is 15.5 Å². The molecule has 20 heavy (non-hydrogen) atoms. The van der Waals surface area contributed by atoms with Crippen molar-refractivity contribution < 1.29 is 9.59 Å². The standard InChI is InChI=1S/C14H20N4O2/c1-2-16-14(20)18-7-6-12(9-18)17-13(19)10-4-3-5-11(15)8-10/h3-5,8,12H,2,6-7,9,15H2,1H3,(H,16,20)(H,17,19). The van der Waals surface area contributed by atoms with Crippen LogP contribution in [0, 0.1) is 0 Å². The van der Waals surface area contributed by atoms with Crippen molar-refractivity contribution in [3.8, 4) is 0 Å². The molecule has 6 heteroatoms. The summed E-state index contributed by atoms with van der Waals surface area (Å²) in [6.07, 6.45) is 0.769. The molecule has 1 aromatic carbocycles. The van der Waals surface area contributed by atoms with Gasteiger partial charge in [0.1, 0.15) is 0 Å². The fourth-order valence-electron chi connectivity index (χ4n) is 2.27. The molecule has 0 saturated carbocycles. The second kappa shape index (κ2) is 6.27. The Bertz CT molecular complexity index is 504. The first kappa shape index (κ1) is 14.2. The number of nitrogens with two attached hydrogens (primary N) is 1. The van der Waals surface area contributed by atoms with E-state index < -0.39 is 0 Å². The molecule has 1 atom stereocenters. The number of benzene rings is 1. The molecule has 108 valence electrons. The average molecular weight is 276 g/mol. The Morgan fingerprint density at radius 2 is 2.25 bits per heavy atom. The molecule has 4 N–H and O–H groups in total. The van der Waals surface area contributed by atoms with E-state index in [4.69, 9.17) is 5.73 Å². The molecule has 6 nitrogen and oxygen atoms in total. The number of hydrogen-bond donors (Lipinski definition) is 3. The van der Waals surface area contributed by atoms with E-state index in [0.717, 1.165) is 6.42 Å². The van der Waals surface area contributed by atoms with Gasteiger partial charge >= 0.3 is 6.03 Å². The van der Waals surface area contributed by atoms with Crippen LogP contribution in [-0.2, 0) is 0 Å². The minimum Gasteiger partial charge on any atom is -0.399 e. The number of amides is 3. The monoisotopic (exact) mass is 276 g/mol. The third kappa shape index (κ3) is 3.40. The molecule has 1 aliphatic heterocycles. The molecule has 0 spiro atoms. The summed E-state index contributed by atoms with van der Waals surface area (Å²) in [5, 5.41) is 5.69. The highest BCUT2D eigenvalue weighted by Crippen LogP contribution is 2.11. The zero-order chi connectivity index (χ0) is 14.5. The van der Waals surface area contributed by atoms with E-state index in [-0.39, 0.29) is 18.0 Å². The Labute approximate surface area is 118 Å². The van der Waals surface area contributed by atoms with Crippen LogP contribution in [0.3, 0.4) is 0 Å². The second-order valence-electron chi connectivity index (χ2n) is 4.87. The minimum absolute atomic E-state index is 0.00784. The topological polar surface area (TPSA) is 87.5 Å². The van der Waals surface area contributed by atoms with Crippen molar-refractivity contribution in [2.75, 3.05) is 25.4 Å². The molecule has 0 bridgehead atoms. The molecular weight excluding hydrogens is 256 g/mol. The van der Waals surface area contributed by atoms with E-state index in [2.05, 4.69) is 10.6 Å². The van der Waals surface area contributed by atoms with Gasteiger partial charge in [0.05, 0.1) is 0 Å². The van der Waals surface area contributed by atoms with Crippen molar-refractivity contribution in [2.24, 2.45) is 0 Å². The van der Waals surface area contributed by atoms with Crippen LogP contribution < -0.4 is 16.4 Å². The highest BCUT2D eigenvalue weighted by molar-refractivity contribution is 5.95. The lowest BCUT2D eigenvalue weighted by Gasteiger charge is -2.17. The van der Waals surface area contributed by atoms with Crippen molar-refractivity contribution in [3.63, 3.8) is 0 Å². The van der Waals surface area contributed by atoms with Gasteiger partial charge in [-0.25, -0.2) is 4.79 Å². The van der Waals surface area contributed by atoms with Crippen LogP contribution in [0.1, 0.15) is 23.7 Å².